The van der Waals surface area contributed by atoms with Crippen LogP contribution in [-0.4, -0.2) is 43.7 Å². The minimum absolute atomic E-state index is 0.106. The molecular weight excluding hydrogens is 342 g/mol. The largest absolute Gasteiger partial charge is 0.375 e. The molecule has 0 unspecified atom stereocenters. The summed E-state index contributed by atoms with van der Waals surface area (Å²) in [7, 11) is 1.43. The number of hydrogen-bond acceptors (Lipinski definition) is 5. The summed E-state index contributed by atoms with van der Waals surface area (Å²) in [5.74, 6) is -0.637. The molecule has 0 aliphatic heterocycles. The van der Waals surface area contributed by atoms with Crippen molar-refractivity contribution >= 4 is 28.8 Å². The highest BCUT2D eigenvalue weighted by atomic mass is 16.5. The van der Waals surface area contributed by atoms with Gasteiger partial charge in [-0.05, 0) is 69.7 Å². The van der Waals surface area contributed by atoms with E-state index in [1.165, 1.54) is 13.2 Å². The number of aryl methyl sites for hydroxylation is 1. The minimum atomic E-state index is -0.374. The van der Waals surface area contributed by atoms with Crippen molar-refractivity contribution in [2.75, 3.05) is 25.2 Å². The van der Waals surface area contributed by atoms with Crippen LogP contribution in [0.4, 0.5) is 11.4 Å². The smallest absolute Gasteiger partial charge is 0.250 e. The first-order chi connectivity index (χ1) is 12.8. The third kappa shape index (κ3) is 5.37. The van der Waals surface area contributed by atoms with Gasteiger partial charge in [-0.15, -0.1) is 0 Å². The van der Waals surface area contributed by atoms with Gasteiger partial charge in [-0.25, -0.2) is 4.99 Å². The number of amides is 1. The van der Waals surface area contributed by atoms with Gasteiger partial charge in [0.05, 0.1) is 17.1 Å². The van der Waals surface area contributed by atoms with Crippen LogP contribution >= 0.6 is 0 Å². The molecule has 0 radical (unpaired) electrons. The highest BCUT2D eigenvalue weighted by molar-refractivity contribution is 6.20. The molecule has 0 spiro atoms. The van der Waals surface area contributed by atoms with E-state index in [1.807, 2.05) is 13.0 Å². The molecule has 0 aromatic heterocycles. The van der Waals surface area contributed by atoms with E-state index >= 15 is 0 Å². The van der Waals surface area contributed by atoms with Crippen LogP contribution in [0.3, 0.4) is 0 Å². The quantitative estimate of drug-likeness (QED) is 0.750. The molecular formula is C21H27N3O3. The first-order valence-electron chi connectivity index (χ1n) is 9.04. The summed E-state index contributed by atoms with van der Waals surface area (Å²) in [4.78, 5) is 30.5. The van der Waals surface area contributed by atoms with Crippen LogP contribution in [0.15, 0.2) is 47.1 Å². The van der Waals surface area contributed by atoms with Crippen molar-refractivity contribution in [3.05, 3.63) is 47.7 Å². The molecule has 0 atom stereocenters. The van der Waals surface area contributed by atoms with Crippen molar-refractivity contribution < 1.29 is 14.3 Å². The van der Waals surface area contributed by atoms with Crippen LogP contribution in [0.2, 0.25) is 0 Å². The Kier molecular flexibility index (Phi) is 7.07. The maximum atomic E-state index is 11.9. The number of benzene rings is 1. The normalized spacial score (nSPS) is 15.3. The first-order valence-corrected chi connectivity index (χ1v) is 9.04. The van der Waals surface area contributed by atoms with Crippen molar-refractivity contribution in [1.82, 2.24) is 5.32 Å². The average Bonchev–Trinajstić information content (AvgIpc) is 2.60. The van der Waals surface area contributed by atoms with Crippen LogP contribution < -0.4 is 10.2 Å². The number of hydrogen-bond donors (Lipinski definition) is 1. The lowest BCUT2D eigenvalue weighted by molar-refractivity contribution is -0.125. The van der Waals surface area contributed by atoms with E-state index in [0.717, 1.165) is 23.5 Å². The highest BCUT2D eigenvalue weighted by Gasteiger charge is 2.15. The molecule has 27 heavy (non-hydrogen) atoms. The van der Waals surface area contributed by atoms with E-state index < -0.39 is 0 Å². The second-order valence-electron chi connectivity index (χ2n) is 6.62. The summed E-state index contributed by atoms with van der Waals surface area (Å²) in [6, 6.07) is 6.56. The second kappa shape index (κ2) is 9.28. The number of anilines is 1. The van der Waals surface area contributed by atoms with Crippen molar-refractivity contribution in [2.45, 2.75) is 33.7 Å². The molecule has 6 heteroatoms. The Morgan fingerprint density at radius 2 is 2.04 bits per heavy atom. The number of ketones is 1. The fraction of sp³-hybridized carbons (Fsp3) is 0.381. The lowest BCUT2D eigenvalue weighted by Crippen LogP contribution is -2.31. The molecule has 0 fully saturated rings. The van der Waals surface area contributed by atoms with Crippen LogP contribution in [0, 0.1) is 6.92 Å². The topological polar surface area (TPSA) is 71.0 Å². The predicted molar refractivity (Wildman–Crippen MR) is 109 cm³/mol. The molecule has 1 aromatic carbocycles. The van der Waals surface area contributed by atoms with Crippen molar-refractivity contribution in [1.29, 1.82) is 0 Å². The van der Waals surface area contributed by atoms with E-state index in [4.69, 9.17) is 4.74 Å². The molecule has 1 aliphatic carbocycles. The first kappa shape index (κ1) is 20.6. The lowest BCUT2D eigenvalue weighted by Gasteiger charge is -2.28. The predicted octanol–water partition coefficient (Wildman–Crippen LogP) is 3.09. The average molecular weight is 369 g/mol. The van der Waals surface area contributed by atoms with E-state index in [9.17, 15) is 9.59 Å². The molecule has 144 valence electrons. The Hall–Kier alpha value is -2.73. The molecule has 0 heterocycles. The number of aliphatic imine (C=N–C) groups is 1. The van der Waals surface area contributed by atoms with Gasteiger partial charge in [-0.3, -0.25) is 9.59 Å². The number of nitrogens with zero attached hydrogens (tertiary/aromatic N) is 2. The van der Waals surface area contributed by atoms with Crippen molar-refractivity contribution in [2.24, 2.45) is 4.99 Å². The van der Waals surface area contributed by atoms with Gasteiger partial charge >= 0.3 is 0 Å². The van der Waals surface area contributed by atoms with Gasteiger partial charge < -0.3 is 15.0 Å². The van der Waals surface area contributed by atoms with Crippen LogP contribution in [0.5, 0.6) is 0 Å². The van der Waals surface area contributed by atoms with E-state index in [2.05, 4.69) is 48.1 Å². The van der Waals surface area contributed by atoms with Gasteiger partial charge in [-0.2, -0.15) is 0 Å². The zero-order chi connectivity index (χ0) is 20.0. The standard InChI is InChI=1S/C21H27N3O3/c1-6-24(14(2)3)17-8-9-18(15(4)11-17)22-16-7-10-20(25)19(12-16)23-21(26)13-27-5/h7-12,14H,6,13H2,1-5H3,(H,23,26). The molecule has 0 bridgehead atoms. The molecule has 0 saturated carbocycles. The van der Waals surface area contributed by atoms with E-state index in [-0.39, 0.29) is 24.0 Å². The Labute approximate surface area is 160 Å². The maximum Gasteiger partial charge on any atom is 0.250 e. The third-order valence-corrected chi connectivity index (χ3v) is 4.24. The van der Waals surface area contributed by atoms with Crippen LogP contribution in [0.25, 0.3) is 0 Å². The van der Waals surface area contributed by atoms with Gasteiger partial charge in [0.15, 0.2) is 0 Å². The zero-order valence-electron chi connectivity index (χ0n) is 16.6. The second-order valence-corrected chi connectivity index (χ2v) is 6.62. The summed E-state index contributed by atoms with van der Waals surface area (Å²) in [6.07, 6.45) is 4.63. The molecule has 1 aliphatic rings. The Bertz CT molecular complexity index is 807. The number of allylic oxidation sites excluding steroid dienone is 3. The van der Waals surface area contributed by atoms with E-state index in [0.29, 0.717) is 11.8 Å². The summed E-state index contributed by atoms with van der Waals surface area (Å²) < 4.78 is 4.77. The summed E-state index contributed by atoms with van der Waals surface area (Å²) in [6.45, 7) is 9.31. The summed E-state index contributed by atoms with van der Waals surface area (Å²) in [5.41, 5.74) is 3.83. The van der Waals surface area contributed by atoms with Gasteiger partial charge in [0.25, 0.3) is 0 Å². The van der Waals surface area contributed by atoms with Crippen LogP contribution in [-0.2, 0) is 14.3 Å². The van der Waals surface area contributed by atoms with Crippen molar-refractivity contribution in [3.8, 4) is 0 Å². The number of methoxy groups -OCH3 is 1. The molecule has 1 N–H and O–H groups in total. The van der Waals surface area contributed by atoms with Gasteiger partial charge in [0.2, 0.25) is 11.7 Å². The molecule has 2 rings (SSSR count). The number of rotatable bonds is 7. The number of carbonyl (C=O) groups excluding carboxylic acids is 2. The number of nitrogens with one attached hydrogen (secondary N) is 1. The highest BCUT2D eigenvalue weighted by Crippen LogP contribution is 2.26. The Morgan fingerprint density at radius 3 is 2.63 bits per heavy atom. The number of ether oxygens (including phenoxy) is 1. The third-order valence-electron chi connectivity index (χ3n) is 4.24. The van der Waals surface area contributed by atoms with Gasteiger partial charge in [0.1, 0.15) is 6.61 Å². The number of carbonyl (C=O) groups is 2. The Balaban J connectivity index is 2.27. The van der Waals surface area contributed by atoms with Gasteiger partial charge in [0, 0.05) is 25.4 Å². The van der Waals surface area contributed by atoms with Crippen LogP contribution in [0.1, 0.15) is 26.3 Å². The molecule has 1 aromatic rings. The van der Waals surface area contributed by atoms with E-state index in [1.54, 1.807) is 12.2 Å². The lowest BCUT2D eigenvalue weighted by atomic mass is 10.1. The fourth-order valence-corrected chi connectivity index (χ4v) is 2.93. The zero-order valence-corrected chi connectivity index (χ0v) is 16.6. The van der Waals surface area contributed by atoms with Gasteiger partial charge in [-0.1, -0.05) is 0 Å². The summed E-state index contributed by atoms with van der Waals surface area (Å²) in [5, 5.41) is 2.55. The molecule has 0 saturated heterocycles. The monoisotopic (exact) mass is 369 g/mol. The fourth-order valence-electron chi connectivity index (χ4n) is 2.93. The van der Waals surface area contributed by atoms with Crippen molar-refractivity contribution in [3.63, 3.8) is 0 Å². The summed E-state index contributed by atoms with van der Waals surface area (Å²) >= 11 is 0. The Morgan fingerprint density at radius 1 is 1.30 bits per heavy atom. The maximum absolute atomic E-state index is 11.9. The SMILES string of the molecule is CCN(c1ccc(N=C2C=CC(=O)C(NC(=O)COC)=C2)c(C)c1)C(C)C. The molecule has 1 amide bonds. The minimum Gasteiger partial charge on any atom is -0.375 e. The molecule has 6 nitrogen and oxygen atoms in total.